The minimum Gasteiger partial charge on any atom is -0.516 e. The van der Waals surface area contributed by atoms with E-state index in [9.17, 15) is 4.79 Å². The summed E-state index contributed by atoms with van der Waals surface area (Å²) >= 11 is 0. The maximum absolute atomic E-state index is 12.3. The molecule has 0 aliphatic heterocycles. The average molecular weight is 339 g/mol. The van der Waals surface area contributed by atoms with E-state index < -0.39 is 0 Å². The molecule has 132 valence electrons. The quantitative estimate of drug-likeness (QED) is 0.273. The molecule has 0 radical (unpaired) electrons. The van der Waals surface area contributed by atoms with E-state index >= 15 is 0 Å². The molecule has 1 amide bonds. The molecule has 0 heterocycles. The van der Waals surface area contributed by atoms with Crippen molar-refractivity contribution >= 4 is 22.9 Å². The second-order valence-corrected chi connectivity index (χ2v) is 5.58. The zero-order valence-electron chi connectivity index (χ0n) is 14.8. The van der Waals surface area contributed by atoms with Gasteiger partial charge >= 0.3 is 0 Å². The Kier molecular flexibility index (Phi) is 7.28. The highest BCUT2D eigenvalue weighted by Gasteiger charge is 2.13. The van der Waals surface area contributed by atoms with E-state index in [2.05, 4.69) is 11.9 Å². The van der Waals surface area contributed by atoms with Crippen molar-refractivity contribution in [2.24, 2.45) is 5.73 Å². The first-order chi connectivity index (χ1) is 11.8. The summed E-state index contributed by atoms with van der Waals surface area (Å²) < 4.78 is 0. The number of aliphatic hydroxyl groups excluding tert-OH is 1. The lowest BCUT2D eigenvalue weighted by Crippen LogP contribution is -2.14. The summed E-state index contributed by atoms with van der Waals surface area (Å²) in [4.78, 5) is 12.3. The molecule has 1 aromatic carbocycles. The predicted octanol–water partition coefficient (Wildman–Crippen LogP) is 3.97. The van der Waals surface area contributed by atoms with Gasteiger partial charge in [-0.05, 0) is 68.0 Å². The van der Waals surface area contributed by atoms with Crippen molar-refractivity contribution < 1.29 is 9.90 Å². The van der Waals surface area contributed by atoms with Crippen molar-refractivity contribution in [3.63, 3.8) is 0 Å². The predicted molar refractivity (Wildman–Crippen MR) is 106 cm³/mol. The van der Waals surface area contributed by atoms with Crippen LogP contribution in [0.1, 0.15) is 25.0 Å². The van der Waals surface area contributed by atoms with Crippen molar-refractivity contribution in [1.82, 2.24) is 0 Å². The Morgan fingerprint density at radius 1 is 1.32 bits per heavy atom. The number of hydrogen-bond acceptors (Lipinski definition) is 4. The van der Waals surface area contributed by atoms with Crippen LogP contribution in [0, 0.1) is 6.92 Å². The Labute approximate surface area is 148 Å². The van der Waals surface area contributed by atoms with Crippen LogP contribution in [0.15, 0.2) is 66.6 Å². The van der Waals surface area contributed by atoms with Crippen LogP contribution in [0.5, 0.6) is 0 Å². The first kappa shape index (κ1) is 19.8. The number of carbonyl (C=O) groups excluding carboxylic acids is 1. The molecule has 0 saturated heterocycles. The molecule has 0 unspecified atom stereocenters. The fourth-order valence-corrected chi connectivity index (χ4v) is 2.25. The van der Waals surface area contributed by atoms with E-state index in [-0.39, 0.29) is 5.91 Å². The number of nitrogens with one attached hydrogen (secondary N) is 1. The number of benzene rings is 1. The number of carbonyl (C=O) groups is 1. The average Bonchev–Trinajstić information content (AvgIpc) is 2.59. The minimum absolute atomic E-state index is 0.304. The highest BCUT2D eigenvalue weighted by molar-refractivity contribution is 6.06. The Balaban J connectivity index is 3.40. The molecule has 0 bridgehead atoms. The van der Waals surface area contributed by atoms with Crippen LogP contribution in [0.25, 0.3) is 5.57 Å². The first-order valence-electron chi connectivity index (χ1n) is 7.76. The molecular formula is C20H25N3O2. The second-order valence-electron chi connectivity index (χ2n) is 5.58. The van der Waals surface area contributed by atoms with Gasteiger partial charge in [0.1, 0.15) is 0 Å². The van der Waals surface area contributed by atoms with Gasteiger partial charge in [-0.2, -0.15) is 0 Å². The van der Waals surface area contributed by atoms with Crippen LogP contribution in [-0.4, -0.2) is 11.0 Å². The van der Waals surface area contributed by atoms with Crippen molar-refractivity contribution in [1.29, 1.82) is 0 Å². The number of allylic oxidation sites excluding steroid dienone is 6. The normalized spacial score (nSPS) is 13.2. The third-order valence-corrected chi connectivity index (χ3v) is 3.65. The molecule has 0 aliphatic carbocycles. The van der Waals surface area contributed by atoms with Gasteiger partial charge in [-0.1, -0.05) is 18.7 Å². The van der Waals surface area contributed by atoms with E-state index in [4.69, 9.17) is 16.6 Å². The zero-order chi connectivity index (χ0) is 19.0. The zero-order valence-corrected chi connectivity index (χ0v) is 14.8. The maximum atomic E-state index is 12.3. The minimum atomic E-state index is -0.304. The summed E-state index contributed by atoms with van der Waals surface area (Å²) in [5.74, 6) is -0.304. The number of rotatable bonds is 6. The van der Waals surface area contributed by atoms with E-state index in [0.717, 1.165) is 28.5 Å². The lowest BCUT2D eigenvalue weighted by molar-refractivity contribution is -0.112. The van der Waals surface area contributed by atoms with Gasteiger partial charge in [0.15, 0.2) is 0 Å². The molecule has 0 aromatic heterocycles. The van der Waals surface area contributed by atoms with Crippen LogP contribution in [-0.2, 0) is 4.79 Å². The van der Waals surface area contributed by atoms with Crippen LogP contribution in [0.4, 0.5) is 11.4 Å². The van der Waals surface area contributed by atoms with Gasteiger partial charge in [0.05, 0.1) is 17.6 Å². The molecule has 5 nitrogen and oxygen atoms in total. The summed E-state index contributed by atoms with van der Waals surface area (Å²) in [6.45, 7) is 9.26. The number of hydrogen-bond donors (Lipinski definition) is 4. The van der Waals surface area contributed by atoms with E-state index in [1.54, 1.807) is 25.1 Å². The number of nitrogen functional groups attached to an aromatic ring is 1. The number of anilines is 2. The molecule has 5 heteroatoms. The first-order valence-corrected chi connectivity index (χ1v) is 7.76. The molecule has 0 saturated carbocycles. The van der Waals surface area contributed by atoms with Gasteiger partial charge in [-0.3, -0.25) is 4.79 Å². The Hall–Kier alpha value is -3.21. The third kappa shape index (κ3) is 5.14. The van der Waals surface area contributed by atoms with Crippen LogP contribution in [0.3, 0.4) is 0 Å². The molecule has 0 spiro atoms. The molecule has 0 aliphatic rings. The summed E-state index contributed by atoms with van der Waals surface area (Å²) in [6.07, 6.45) is 8.67. The van der Waals surface area contributed by atoms with Crippen molar-refractivity contribution in [3.8, 4) is 0 Å². The fourth-order valence-electron chi connectivity index (χ4n) is 2.25. The second kappa shape index (κ2) is 9.17. The van der Waals surface area contributed by atoms with E-state index in [0.29, 0.717) is 16.9 Å². The van der Waals surface area contributed by atoms with Crippen LogP contribution in [0.2, 0.25) is 0 Å². The molecule has 0 fully saturated rings. The summed E-state index contributed by atoms with van der Waals surface area (Å²) in [7, 11) is 0. The summed E-state index contributed by atoms with van der Waals surface area (Å²) in [5.41, 5.74) is 16.7. The molecule has 25 heavy (non-hydrogen) atoms. The lowest BCUT2D eigenvalue weighted by Gasteiger charge is -2.16. The maximum Gasteiger partial charge on any atom is 0.251 e. The molecule has 6 N–H and O–H groups in total. The number of aryl methyl sites for hydroxylation is 1. The molecule has 1 aromatic rings. The SMILES string of the molecule is C=C/C(C)=C(\C=C/N)c1cc(C)cc(NC(=O)/C(C)=C/C=C\O)c1N. The highest BCUT2D eigenvalue weighted by Crippen LogP contribution is 2.33. The topological polar surface area (TPSA) is 101 Å². The Morgan fingerprint density at radius 3 is 2.56 bits per heavy atom. The summed E-state index contributed by atoms with van der Waals surface area (Å²) in [5, 5.41) is 11.5. The van der Waals surface area contributed by atoms with Gasteiger partial charge < -0.3 is 21.9 Å². The van der Waals surface area contributed by atoms with Gasteiger partial charge in [0.2, 0.25) is 0 Å². The summed E-state index contributed by atoms with van der Waals surface area (Å²) in [6, 6.07) is 3.74. The third-order valence-electron chi connectivity index (χ3n) is 3.65. The Morgan fingerprint density at radius 2 is 2.00 bits per heavy atom. The molecular weight excluding hydrogens is 314 g/mol. The number of nitrogens with two attached hydrogens (primary N) is 2. The van der Waals surface area contributed by atoms with Gasteiger partial charge in [0, 0.05) is 11.1 Å². The van der Waals surface area contributed by atoms with E-state index in [1.165, 1.54) is 18.4 Å². The molecule has 0 atom stereocenters. The van der Waals surface area contributed by atoms with Crippen molar-refractivity contribution in [2.75, 3.05) is 11.1 Å². The lowest BCUT2D eigenvalue weighted by atomic mass is 9.96. The van der Waals surface area contributed by atoms with Gasteiger partial charge in [-0.15, -0.1) is 0 Å². The Bertz CT molecular complexity index is 784. The monoisotopic (exact) mass is 339 g/mol. The van der Waals surface area contributed by atoms with Gasteiger partial charge in [-0.25, -0.2) is 0 Å². The highest BCUT2D eigenvalue weighted by atomic mass is 16.2. The number of aliphatic hydroxyl groups is 1. The van der Waals surface area contributed by atoms with Gasteiger partial charge in [0.25, 0.3) is 5.91 Å². The fraction of sp³-hybridized carbons (Fsp3) is 0.150. The number of amides is 1. The van der Waals surface area contributed by atoms with Crippen molar-refractivity contribution in [3.05, 3.63) is 77.8 Å². The van der Waals surface area contributed by atoms with Crippen LogP contribution >= 0.6 is 0 Å². The van der Waals surface area contributed by atoms with Crippen molar-refractivity contribution in [2.45, 2.75) is 20.8 Å². The van der Waals surface area contributed by atoms with E-state index in [1.807, 2.05) is 19.9 Å². The van der Waals surface area contributed by atoms with Crippen LogP contribution < -0.4 is 16.8 Å². The largest absolute Gasteiger partial charge is 0.516 e. The molecule has 1 rings (SSSR count). The smallest absolute Gasteiger partial charge is 0.251 e. The standard InChI is InChI=1S/C20H25N3O2/c1-5-14(3)16(8-9-21)17-11-13(2)12-18(19(17)22)23-20(25)15(4)7-6-10-24/h5-12,24H,1,21-22H2,2-4H3,(H,23,25)/b9-8-,10-6-,15-7+,16-14+.